The van der Waals surface area contributed by atoms with Crippen molar-refractivity contribution in [3.05, 3.63) is 69.5 Å². The van der Waals surface area contributed by atoms with E-state index >= 15 is 0 Å². The Morgan fingerprint density at radius 3 is 2.96 bits per heavy atom. The lowest BCUT2D eigenvalue weighted by Crippen LogP contribution is -2.20. The molecule has 4 rings (SSSR count). The standard InChI is InChI=1S/C18H14FN5O3/c19-12-5-7-14-10(8-12)4-6-15(14)17(25)21-18-20-16(22-23-18)11-2-1-3-13(9-11)24(26)27/h1-3,5,7-9,15H,4,6H2,(H2,20,21,22,23,25). The zero-order valence-electron chi connectivity index (χ0n) is 14.0. The highest BCUT2D eigenvalue weighted by Crippen LogP contribution is 2.34. The van der Waals surface area contributed by atoms with Gasteiger partial charge in [0.2, 0.25) is 11.9 Å². The molecule has 1 heterocycles. The predicted molar refractivity (Wildman–Crippen MR) is 94.6 cm³/mol. The van der Waals surface area contributed by atoms with E-state index in [2.05, 4.69) is 20.5 Å². The highest BCUT2D eigenvalue weighted by Gasteiger charge is 2.29. The van der Waals surface area contributed by atoms with Crippen LogP contribution in [0, 0.1) is 15.9 Å². The molecular formula is C18H14FN5O3. The summed E-state index contributed by atoms with van der Waals surface area (Å²) in [6, 6.07) is 10.4. The molecule has 0 aliphatic heterocycles. The molecule has 1 aromatic heterocycles. The van der Waals surface area contributed by atoms with Crippen LogP contribution in [0.3, 0.4) is 0 Å². The van der Waals surface area contributed by atoms with Crippen LogP contribution in [-0.2, 0) is 11.2 Å². The number of benzene rings is 2. The summed E-state index contributed by atoms with van der Waals surface area (Å²) in [5.41, 5.74) is 2.06. The Balaban J connectivity index is 1.51. The van der Waals surface area contributed by atoms with E-state index in [0.717, 1.165) is 11.1 Å². The molecule has 0 radical (unpaired) electrons. The van der Waals surface area contributed by atoms with E-state index in [1.54, 1.807) is 18.2 Å². The van der Waals surface area contributed by atoms with Gasteiger partial charge in [-0.05, 0) is 36.1 Å². The molecule has 2 aromatic carbocycles. The number of non-ortho nitro benzene ring substituents is 1. The molecule has 1 amide bonds. The van der Waals surface area contributed by atoms with Gasteiger partial charge in [0.05, 0.1) is 10.8 Å². The summed E-state index contributed by atoms with van der Waals surface area (Å²) < 4.78 is 13.3. The number of H-pyrrole nitrogens is 1. The van der Waals surface area contributed by atoms with Crippen LogP contribution in [0.25, 0.3) is 11.4 Å². The van der Waals surface area contributed by atoms with Gasteiger partial charge in [0, 0.05) is 17.7 Å². The minimum Gasteiger partial charge on any atom is -0.293 e. The van der Waals surface area contributed by atoms with Crippen molar-refractivity contribution in [2.24, 2.45) is 0 Å². The number of aryl methyl sites for hydroxylation is 1. The normalized spacial score (nSPS) is 15.4. The van der Waals surface area contributed by atoms with Gasteiger partial charge in [-0.1, -0.05) is 18.2 Å². The van der Waals surface area contributed by atoms with E-state index < -0.39 is 4.92 Å². The molecule has 1 atom stereocenters. The number of rotatable bonds is 4. The van der Waals surface area contributed by atoms with E-state index in [9.17, 15) is 19.3 Å². The van der Waals surface area contributed by atoms with E-state index in [-0.39, 0.29) is 29.3 Å². The molecule has 0 saturated carbocycles. The number of hydrogen-bond acceptors (Lipinski definition) is 5. The highest BCUT2D eigenvalue weighted by molar-refractivity contribution is 5.95. The smallest absolute Gasteiger partial charge is 0.270 e. The van der Waals surface area contributed by atoms with Crippen LogP contribution in [-0.4, -0.2) is 26.0 Å². The summed E-state index contributed by atoms with van der Waals surface area (Å²) in [7, 11) is 0. The number of carbonyl (C=O) groups is 1. The van der Waals surface area contributed by atoms with Crippen LogP contribution in [0.5, 0.6) is 0 Å². The molecule has 9 heteroatoms. The van der Waals surface area contributed by atoms with Gasteiger partial charge in [-0.25, -0.2) is 4.39 Å². The zero-order chi connectivity index (χ0) is 19.0. The Bertz CT molecular complexity index is 1050. The Morgan fingerprint density at radius 1 is 1.30 bits per heavy atom. The molecule has 0 saturated heterocycles. The maximum Gasteiger partial charge on any atom is 0.270 e. The molecule has 1 aliphatic rings. The minimum atomic E-state index is -0.497. The second-order valence-corrected chi connectivity index (χ2v) is 6.24. The lowest BCUT2D eigenvalue weighted by atomic mass is 10.0. The van der Waals surface area contributed by atoms with Crippen molar-refractivity contribution < 1.29 is 14.1 Å². The third-order valence-electron chi connectivity index (χ3n) is 4.55. The van der Waals surface area contributed by atoms with Gasteiger partial charge in [0.15, 0.2) is 5.82 Å². The van der Waals surface area contributed by atoms with Crippen LogP contribution in [0.1, 0.15) is 23.5 Å². The number of hydrogen-bond donors (Lipinski definition) is 2. The van der Waals surface area contributed by atoms with Crippen LogP contribution in [0.2, 0.25) is 0 Å². The Labute approximate surface area is 152 Å². The average Bonchev–Trinajstić information content (AvgIpc) is 3.28. The monoisotopic (exact) mass is 367 g/mol. The van der Waals surface area contributed by atoms with Gasteiger partial charge >= 0.3 is 0 Å². The molecule has 136 valence electrons. The van der Waals surface area contributed by atoms with Gasteiger partial charge in [0.25, 0.3) is 5.69 Å². The van der Waals surface area contributed by atoms with Gasteiger partial charge in [-0.15, -0.1) is 5.10 Å². The molecule has 3 aromatic rings. The van der Waals surface area contributed by atoms with E-state index in [1.165, 1.54) is 24.3 Å². The summed E-state index contributed by atoms with van der Waals surface area (Å²) in [6.07, 6.45) is 1.23. The van der Waals surface area contributed by atoms with Crippen LogP contribution in [0.4, 0.5) is 16.0 Å². The maximum absolute atomic E-state index is 13.3. The Morgan fingerprint density at radius 2 is 2.15 bits per heavy atom. The first-order chi connectivity index (χ1) is 13.0. The highest BCUT2D eigenvalue weighted by atomic mass is 19.1. The van der Waals surface area contributed by atoms with Crippen molar-refractivity contribution in [3.8, 4) is 11.4 Å². The number of aromatic nitrogens is 3. The van der Waals surface area contributed by atoms with Gasteiger partial charge < -0.3 is 0 Å². The second kappa shape index (κ2) is 6.60. The fourth-order valence-corrected chi connectivity index (χ4v) is 3.27. The molecule has 8 nitrogen and oxygen atoms in total. The molecule has 0 bridgehead atoms. The second-order valence-electron chi connectivity index (χ2n) is 6.24. The van der Waals surface area contributed by atoms with E-state index in [0.29, 0.717) is 24.2 Å². The topological polar surface area (TPSA) is 114 Å². The molecule has 0 fully saturated rings. The lowest BCUT2D eigenvalue weighted by molar-refractivity contribution is -0.384. The SMILES string of the molecule is O=C(Nc1n[nH]c(-c2cccc([N+](=O)[O-])c2)n1)C1CCc2cc(F)ccc21. The summed E-state index contributed by atoms with van der Waals surface area (Å²) in [5.74, 6) is -0.587. The summed E-state index contributed by atoms with van der Waals surface area (Å²) in [6.45, 7) is 0. The first-order valence-electron chi connectivity index (χ1n) is 8.27. The molecule has 27 heavy (non-hydrogen) atoms. The number of carbonyl (C=O) groups excluding carboxylic acids is 1. The van der Waals surface area contributed by atoms with Crippen LogP contribution >= 0.6 is 0 Å². The first-order valence-corrected chi connectivity index (χ1v) is 8.27. The molecular weight excluding hydrogens is 353 g/mol. The largest absolute Gasteiger partial charge is 0.293 e. The van der Waals surface area contributed by atoms with Crippen molar-refractivity contribution >= 4 is 17.5 Å². The summed E-state index contributed by atoms with van der Waals surface area (Å²) in [4.78, 5) is 27.1. The Kier molecular flexibility index (Phi) is 4.11. The number of aromatic amines is 1. The van der Waals surface area contributed by atoms with Crippen molar-refractivity contribution in [2.45, 2.75) is 18.8 Å². The van der Waals surface area contributed by atoms with Crippen LogP contribution in [0.15, 0.2) is 42.5 Å². The van der Waals surface area contributed by atoms with Crippen molar-refractivity contribution in [1.82, 2.24) is 15.2 Å². The molecule has 0 spiro atoms. The quantitative estimate of drug-likeness (QED) is 0.543. The molecule has 1 unspecified atom stereocenters. The predicted octanol–water partition coefficient (Wildman–Crippen LogP) is 3.19. The Hall–Kier alpha value is -3.62. The number of amides is 1. The fourth-order valence-electron chi connectivity index (χ4n) is 3.27. The average molecular weight is 367 g/mol. The number of anilines is 1. The summed E-state index contributed by atoms with van der Waals surface area (Å²) in [5, 5.41) is 20.1. The number of nitrogens with zero attached hydrogens (tertiary/aromatic N) is 3. The van der Waals surface area contributed by atoms with Crippen LogP contribution < -0.4 is 5.32 Å². The van der Waals surface area contributed by atoms with Gasteiger partial charge in [0.1, 0.15) is 5.82 Å². The first kappa shape index (κ1) is 16.8. The number of nitro benzene ring substituents is 1. The van der Waals surface area contributed by atoms with Crippen molar-refractivity contribution in [3.63, 3.8) is 0 Å². The van der Waals surface area contributed by atoms with E-state index in [1.807, 2.05) is 0 Å². The lowest BCUT2D eigenvalue weighted by Gasteiger charge is -2.10. The third kappa shape index (κ3) is 3.26. The third-order valence-corrected chi connectivity index (χ3v) is 4.55. The van der Waals surface area contributed by atoms with Crippen molar-refractivity contribution in [1.29, 1.82) is 0 Å². The van der Waals surface area contributed by atoms with Crippen molar-refractivity contribution in [2.75, 3.05) is 5.32 Å². The fraction of sp³-hybridized carbons (Fsp3) is 0.167. The molecule has 1 aliphatic carbocycles. The van der Waals surface area contributed by atoms with Gasteiger partial charge in [-0.3, -0.25) is 25.3 Å². The van der Waals surface area contributed by atoms with E-state index in [4.69, 9.17) is 0 Å². The molecule has 2 N–H and O–H groups in total. The number of halogens is 1. The maximum atomic E-state index is 13.3. The minimum absolute atomic E-state index is 0.0655. The summed E-state index contributed by atoms with van der Waals surface area (Å²) >= 11 is 0. The zero-order valence-corrected chi connectivity index (χ0v) is 14.0. The number of nitro groups is 1. The van der Waals surface area contributed by atoms with Gasteiger partial charge in [-0.2, -0.15) is 4.98 Å². The number of nitrogens with one attached hydrogen (secondary N) is 2. The number of fused-ring (bicyclic) bond motifs is 1.